The molecule has 9 heteroatoms. The lowest BCUT2D eigenvalue weighted by atomic mass is 10.1. The molecule has 0 aliphatic carbocycles. The van der Waals surface area contributed by atoms with Gasteiger partial charge in [-0.3, -0.25) is 10.1 Å². The molecule has 30 heavy (non-hydrogen) atoms. The molecule has 4 aromatic rings. The van der Waals surface area contributed by atoms with Crippen molar-refractivity contribution in [3.8, 4) is 17.2 Å². The largest absolute Gasteiger partial charge is 0.493 e. The summed E-state index contributed by atoms with van der Waals surface area (Å²) >= 11 is 3.07. The van der Waals surface area contributed by atoms with Crippen molar-refractivity contribution in [1.82, 2.24) is 9.97 Å². The number of anilines is 1. The van der Waals surface area contributed by atoms with Gasteiger partial charge in [0.05, 0.1) is 46.8 Å². The minimum atomic E-state index is -0.278. The highest BCUT2D eigenvalue weighted by Gasteiger charge is 2.13. The van der Waals surface area contributed by atoms with Crippen LogP contribution in [-0.2, 0) is 4.79 Å². The number of thiazole rings is 2. The third kappa shape index (κ3) is 3.81. The van der Waals surface area contributed by atoms with E-state index in [0.29, 0.717) is 22.4 Å². The molecule has 2 aromatic heterocycles. The van der Waals surface area contributed by atoms with Gasteiger partial charge in [-0.05, 0) is 42.8 Å². The number of carbonyl (C=O) groups excluding carboxylic acids is 1. The molecular formula is C21H19N3O4S2. The number of hydrogen-bond acceptors (Lipinski definition) is 8. The van der Waals surface area contributed by atoms with Crippen LogP contribution in [0.3, 0.4) is 0 Å². The van der Waals surface area contributed by atoms with Crippen molar-refractivity contribution in [2.24, 2.45) is 0 Å². The van der Waals surface area contributed by atoms with Crippen LogP contribution in [0.15, 0.2) is 30.3 Å². The van der Waals surface area contributed by atoms with Crippen LogP contribution in [0.1, 0.15) is 10.6 Å². The number of aryl methyl sites for hydroxylation is 1. The highest BCUT2D eigenvalue weighted by atomic mass is 32.1. The molecule has 0 aliphatic rings. The first-order valence-corrected chi connectivity index (χ1v) is 10.6. The average molecular weight is 442 g/mol. The Labute approximate surface area is 180 Å². The molecule has 0 spiro atoms. The summed E-state index contributed by atoms with van der Waals surface area (Å²) in [5.41, 5.74) is 2.54. The van der Waals surface area contributed by atoms with E-state index >= 15 is 0 Å². The zero-order valence-corrected chi connectivity index (χ0v) is 18.4. The molecule has 1 N–H and O–H groups in total. The van der Waals surface area contributed by atoms with Crippen LogP contribution in [0, 0.1) is 6.92 Å². The van der Waals surface area contributed by atoms with Gasteiger partial charge in [-0.1, -0.05) is 11.3 Å². The number of nitrogens with zero attached hydrogens (tertiary/aromatic N) is 2. The van der Waals surface area contributed by atoms with Gasteiger partial charge < -0.3 is 14.2 Å². The molecule has 0 aliphatic heterocycles. The van der Waals surface area contributed by atoms with Crippen LogP contribution in [0.5, 0.6) is 17.2 Å². The van der Waals surface area contributed by atoms with Gasteiger partial charge in [0.1, 0.15) is 0 Å². The lowest BCUT2D eigenvalue weighted by molar-refractivity contribution is -0.111. The summed E-state index contributed by atoms with van der Waals surface area (Å²) in [5.74, 6) is 1.26. The third-order valence-electron chi connectivity index (χ3n) is 4.36. The van der Waals surface area contributed by atoms with Crippen LogP contribution in [0.4, 0.5) is 5.13 Å². The first-order valence-electron chi connectivity index (χ1n) is 8.98. The first-order chi connectivity index (χ1) is 14.5. The Balaban J connectivity index is 1.56. The number of carbonyl (C=O) groups is 1. The third-order valence-corrected chi connectivity index (χ3v) is 6.50. The summed E-state index contributed by atoms with van der Waals surface area (Å²) in [6.45, 7) is 1.98. The fraction of sp³-hybridized carbons (Fsp3) is 0.190. The lowest BCUT2D eigenvalue weighted by Gasteiger charge is -2.12. The van der Waals surface area contributed by atoms with E-state index in [-0.39, 0.29) is 5.91 Å². The molecule has 0 fully saturated rings. The summed E-state index contributed by atoms with van der Waals surface area (Å²) in [7, 11) is 4.64. The molecule has 0 saturated carbocycles. The minimum absolute atomic E-state index is 0.278. The quantitative estimate of drug-likeness (QED) is 0.429. The minimum Gasteiger partial charge on any atom is -0.493 e. The molecule has 2 heterocycles. The Morgan fingerprint density at radius 3 is 2.23 bits per heavy atom. The predicted molar refractivity (Wildman–Crippen MR) is 121 cm³/mol. The predicted octanol–water partition coefficient (Wildman–Crippen LogP) is 4.89. The van der Waals surface area contributed by atoms with E-state index in [9.17, 15) is 4.79 Å². The molecular weight excluding hydrogens is 422 g/mol. The van der Waals surface area contributed by atoms with Gasteiger partial charge in [0, 0.05) is 6.08 Å². The summed E-state index contributed by atoms with van der Waals surface area (Å²) in [5, 5.41) is 4.38. The number of aromatic nitrogens is 2. The Morgan fingerprint density at radius 1 is 0.967 bits per heavy atom. The fourth-order valence-corrected chi connectivity index (χ4v) is 5.06. The van der Waals surface area contributed by atoms with E-state index in [1.807, 2.05) is 19.1 Å². The van der Waals surface area contributed by atoms with Gasteiger partial charge in [-0.2, -0.15) is 0 Å². The van der Waals surface area contributed by atoms with Gasteiger partial charge in [-0.25, -0.2) is 9.97 Å². The summed E-state index contributed by atoms with van der Waals surface area (Å²) < 4.78 is 18.1. The normalized spacial score (nSPS) is 11.3. The van der Waals surface area contributed by atoms with Crippen molar-refractivity contribution >= 4 is 60.2 Å². The molecule has 7 nitrogen and oxygen atoms in total. The number of rotatable bonds is 6. The molecule has 0 radical (unpaired) electrons. The second-order valence-electron chi connectivity index (χ2n) is 6.30. The van der Waals surface area contributed by atoms with E-state index < -0.39 is 0 Å². The molecule has 0 atom stereocenters. The number of nitrogens with one attached hydrogen (secondary N) is 1. The topological polar surface area (TPSA) is 82.6 Å². The Kier molecular flexibility index (Phi) is 5.56. The standard InChI is InChI=1S/C21H19N3O4S2/c1-11-22-13-6-7-14-20(19(13)29-11)30-21(23-14)24-17(25)8-5-12-9-15(26-2)18(28-4)16(10-12)27-3/h5-10H,1-4H3,(H,23,24,25)/b8-5+. The van der Waals surface area contributed by atoms with Crippen molar-refractivity contribution in [2.75, 3.05) is 26.6 Å². The van der Waals surface area contributed by atoms with Crippen molar-refractivity contribution in [2.45, 2.75) is 6.92 Å². The van der Waals surface area contributed by atoms with Crippen LogP contribution < -0.4 is 19.5 Å². The van der Waals surface area contributed by atoms with Crippen LogP contribution in [0.2, 0.25) is 0 Å². The smallest absolute Gasteiger partial charge is 0.250 e. The van der Waals surface area contributed by atoms with Gasteiger partial charge >= 0.3 is 0 Å². The zero-order valence-electron chi connectivity index (χ0n) is 16.8. The molecule has 1 amide bonds. The van der Waals surface area contributed by atoms with E-state index in [1.165, 1.54) is 17.4 Å². The second-order valence-corrected chi connectivity index (χ2v) is 8.50. The van der Waals surface area contributed by atoms with Crippen LogP contribution >= 0.6 is 22.7 Å². The lowest BCUT2D eigenvalue weighted by Crippen LogP contribution is -2.07. The number of amides is 1. The van der Waals surface area contributed by atoms with E-state index in [1.54, 1.807) is 50.9 Å². The summed E-state index contributed by atoms with van der Waals surface area (Å²) in [6, 6.07) is 7.42. The highest BCUT2D eigenvalue weighted by Crippen LogP contribution is 2.39. The summed E-state index contributed by atoms with van der Waals surface area (Å²) in [6.07, 6.45) is 3.12. The summed E-state index contributed by atoms with van der Waals surface area (Å²) in [4.78, 5) is 21.5. The van der Waals surface area contributed by atoms with Gasteiger partial charge in [0.25, 0.3) is 0 Å². The SMILES string of the molecule is COc1cc(/C=C/C(=O)Nc2nc3ccc4nc(C)sc4c3s2)cc(OC)c1OC. The number of methoxy groups -OCH3 is 3. The van der Waals surface area contributed by atoms with Crippen LogP contribution in [0.25, 0.3) is 26.5 Å². The number of hydrogen-bond donors (Lipinski definition) is 1. The second kappa shape index (κ2) is 8.29. The van der Waals surface area contributed by atoms with E-state index in [4.69, 9.17) is 14.2 Å². The van der Waals surface area contributed by atoms with Crippen molar-refractivity contribution in [3.63, 3.8) is 0 Å². The fourth-order valence-electron chi connectivity index (χ4n) is 3.05. The van der Waals surface area contributed by atoms with Crippen molar-refractivity contribution in [1.29, 1.82) is 0 Å². The number of fused-ring (bicyclic) bond motifs is 3. The van der Waals surface area contributed by atoms with E-state index in [0.717, 1.165) is 31.0 Å². The molecule has 2 aromatic carbocycles. The first kappa shape index (κ1) is 20.1. The van der Waals surface area contributed by atoms with Crippen molar-refractivity contribution < 1.29 is 19.0 Å². The Hall–Kier alpha value is -3.17. The van der Waals surface area contributed by atoms with Gasteiger partial charge in [0.2, 0.25) is 11.7 Å². The highest BCUT2D eigenvalue weighted by molar-refractivity contribution is 7.28. The van der Waals surface area contributed by atoms with Gasteiger partial charge in [-0.15, -0.1) is 11.3 Å². The van der Waals surface area contributed by atoms with E-state index in [2.05, 4.69) is 15.3 Å². The average Bonchev–Trinajstić information content (AvgIpc) is 3.33. The monoisotopic (exact) mass is 441 g/mol. The zero-order chi connectivity index (χ0) is 21.3. The Morgan fingerprint density at radius 2 is 1.60 bits per heavy atom. The molecule has 0 saturated heterocycles. The molecule has 154 valence electrons. The maximum absolute atomic E-state index is 12.4. The number of benzene rings is 2. The maximum Gasteiger partial charge on any atom is 0.250 e. The molecule has 0 bridgehead atoms. The molecule has 4 rings (SSSR count). The molecule has 0 unspecified atom stereocenters. The number of ether oxygens (including phenoxy) is 3. The Bertz CT molecular complexity index is 1250. The van der Waals surface area contributed by atoms with Crippen LogP contribution in [-0.4, -0.2) is 37.2 Å². The van der Waals surface area contributed by atoms with Crippen molar-refractivity contribution in [3.05, 3.63) is 40.9 Å². The van der Waals surface area contributed by atoms with Gasteiger partial charge in [0.15, 0.2) is 16.6 Å². The maximum atomic E-state index is 12.4.